The van der Waals surface area contributed by atoms with Crippen LogP contribution in [-0.4, -0.2) is 29.9 Å². The normalized spacial score (nSPS) is 10.7. The van der Waals surface area contributed by atoms with Gasteiger partial charge >= 0.3 is 0 Å². The van der Waals surface area contributed by atoms with Gasteiger partial charge in [0.2, 0.25) is 0 Å². The summed E-state index contributed by atoms with van der Waals surface area (Å²) in [5, 5.41) is 3.36. The van der Waals surface area contributed by atoms with Crippen LogP contribution in [0.4, 0.5) is 5.69 Å². The molecule has 0 aliphatic heterocycles. The third kappa shape index (κ3) is 5.41. The number of unbranched alkanes of at least 4 members (excludes halogenated alkanes) is 2. The van der Waals surface area contributed by atoms with Crippen molar-refractivity contribution in [2.45, 2.75) is 59.4 Å². The van der Waals surface area contributed by atoms with Crippen LogP contribution in [0.3, 0.4) is 0 Å². The number of rotatable bonds is 9. The van der Waals surface area contributed by atoms with Gasteiger partial charge in [-0.15, -0.1) is 0 Å². The molecule has 1 N–H and O–H groups in total. The minimum absolute atomic E-state index is 0.139. The second-order valence-corrected chi connectivity index (χ2v) is 5.77. The van der Waals surface area contributed by atoms with Crippen LogP contribution in [0.5, 0.6) is 0 Å². The summed E-state index contributed by atoms with van der Waals surface area (Å²) in [6.07, 6.45) is 4.47. The van der Waals surface area contributed by atoms with Gasteiger partial charge in [0.15, 0.2) is 0 Å². The topological polar surface area (TPSA) is 32.3 Å². The summed E-state index contributed by atoms with van der Waals surface area (Å²) < 4.78 is 0. The Morgan fingerprint density at radius 1 is 1.14 bits per heavy atom. The lowest BCUT2D eigenvalue weighted by Crippen LogP contribution is -2.38. The third-order valence-electron chi connectivity index (χ3n) is 3.61. The molecule has 0 saturated carbocycles. The second kappa shape index (κ2) is 9.43. The highest BCUT2D eigenvalue weighted by molar-refractivity contribution is 5.99. The first kappa shape index (κ1) is 17.5. The van der Waals surface area contributed by atoms with E-state index in [-0.39, 0.29) is 11.9 Å². The number of para-hydroxylation sites is 1. The maximum absolute atomic E-state index is 12.9. The summed E-state index contributed by atoms with van der Waals surface area (Å²) >= 11 is 0. The lowest BCUT2D eigenvalue weighted by molar-refractivity contribution is 0.0703. The fourth-order valence-electron chi connectivity index (χ4n) is 2.36. The largest absolute Gasteiger partial charge is 0.384 e. The molecule has 0 aliphatic rings. The van der Waals surface area contributed by atoms with Crippen molar-refractivity contribution in [2.24, 2.45) is 0 Å². The van der Waals surface area contributed by atoms with Gasteiger partial charge in [-0.3, -0.25) is 4.79 Å². The molecule has 21 heavy (non-hydrogen) atoms. The van der Waals surface area contributed by atoms with Crippen molar-refractivity contribution in [2.75, 3.05) is 18.4 Å². The molecule has 118 valence electrons. The monoisotopic (exact) mass is 290 g/mol. The van der Waals surface area contributed by atoms with Gasteiger partial charge in [-0.1, -0.05) is 38.8 Å². The summed E-state index contributed by atoms with van der Waals surface area (Å²) in [6, 6.07) is 8.07. The Morgan fingerprint density at radius 2 is 1.86 bits per heavy atom. The highest BCUT2D eigenvalue weighted by Gasteiger charge is 2.20. The molecule has 0 radical (unpaired) electrons. The standard InChI is InChI=1S/C18H30N2O/c1-5-7-10-14-20(15(3)4)18(21)16-11-8-9-12-17(16)19-13-6-2/h8-9,11-12,15,19H,5-7,10,13-14H2,1-4H3. The molecule has 0 aliphatic carbocycles. The quantitative estimate of drug-likeness (QED) is 0.677. The van der Waals surface area contributed by atoms with Crippen LogP contribution in [0.25, 0.3) is 0 Å². The predicted molar refractivity (Wildman–Crippen MR) is 90.9 cm³/mol. The SMILES string of the molecule is CCCCCN(C(=O)c1ccccc1NCCC)C(C)C. The van der Waals surface area contributed by atoms with Gasteiger partial charge < -0.3 is 10.2 Å². The van der Waals surface area contributed by atoms with Crippen molar-refractivity contribution in [3.05, 3.63) is 29.8 Å². The Morgan fingerprint density at radius 3 is 2.48 bits per heavy atom. The number of nitrogens with one attached hydrogen (secondary N) is 1. The van der Waals surface area contributed by atoms with E-state index in [1.165, 1.54) is 12.8 Å². The zero-order valence-corrected chi connectivity index (χ0v) is 14.0. The first-order chi connectivity index (χ1) is 10.1. The van der Waals surface area contributed by atoms with E-state index in [0.29, 0.717) is 0 Å². The van der Waals surface area contributed by atoms with Crippen LogP contribution < -0.4 is 5.32 Å². The summed E-state index contributed by atoms with van der Waals surface area (Å²) in [6.45, 7) is 10.2. The molecule has 3 heteroatoms. The van der Waals surface area contributed by atoms with E-state index < -0.39 is 0 Å². The van der Waals surface area contributed by atoms with Gasteiger partial charge in [0, 0.05) is 24.8 Å². The Labute approximate surface area is 129 Å². The summed E-state index contributed by atoms with van der Waals surface area (Å²) in [5.41, 5.74) is 1.74. The number of anilines is 1. The molecule has 0 atom stereocenters. The van der Waals surface area contributed by atoms with E-state index in [2.05, 4.69) is 33.0 Å². The molecule has 0 aromatic heterocycles. The number of nitrogens with zero attached hydrogens (tertiary/aromatic N) is 1. The zero-order valence-electron chi connectivity index (χ0n) is 14.0. The smallest absolute Gasteiger partial charge is 0.256 e. The molecule has 1 aromatic rings. The average Bonchev–Trinajstić information content (AvgIpc) is 2.49. The van der Waals surface area contributed by atoms with Crippen molar-refractivity contribution < 1.29 is 4.79 Å². The second-order valence-electron chi connectivity index (χ2n) is 5.77. The zero-order chi connectivity index (χ0) is 15.7. The van der Waals surface area contributed by atoms with Crippen molar-refractivity contribution in [3.63, 3.8) is 0 Å². The first-order valence-electron chi connectivity index (χ1n) is 8.25. The molecule has 0 heterocycles. The van der Waals surface area contributed by atoms with E-state index >= 15 is 0 Å². The Balaban J connectivity index is 2.87. The van der Waals surface area contributed by atoms with Gasteiger partial charge in [0.25, 0.3) is 5.91 Å². The molecule has 0 unspecified atom stereocenters. The fourth-order valence-corrected chi connectivity index (χ4v) is 2.36. The van der Waals surface area contributed by atoms with Gasteiger partial charge in [-0.25, -0.2) is 0 Å². The summed E-state index contributed by atoms with van der Waals surface area (Å²) in [4.78, 5) is 14.8. The van der Waals surface area contributed by atoms with Crippen LogP contribution in [0.2, 0.25) is 0 Å². The Hall–Kier alpha value is -1.51. The highest BCUT2D eigenvalue weighted by Crippen LogP contribution is 2.19. The molecule has 1 amide bonds. The molecule has 0 bridgehead atoms. The number of benzene rings is 1. The van der Waals surface area contributed by atoms with Gasteiger partial charge in [0.05, 0.1) is 5.56 Å². The first-order valence-corrected chi connectivity index (χ1v) is 8.25. The van der Waals surface area contributed by atoms with Crippen LogP contribution in [0.15, 0.2) is 24.3 Å². The fraction of sp³-hybridized carbons (Fsp3) is 0.611. The van der Waals surface area contributed by atoms with E-state index in [1.807, 2.05) is 29.2 Å². The Kier molecular flexibility index (Phi) is 7.88. The molecule has 1 rings (SSSR count). The number of hydrogen-bond donors (Lipinski definition) is 1. The molecule has 1 aromatic carbocycles. The van der Waals surface area contributed by atoms with Crippen molar-refractivity contribution in [3.8, 4) is 0 Å². The molecule has 0 saturated heterocycles. The summed E-state index contributed by atoms with van der Waals surface area (Å²) in [7, 11) is 0. The maximum Gasteiger partial charge on any atom is 0.256 e. The number of hydrogen-bond acceptors (Lipinski definition) is 2. The number of carbonyl (C=O) groups excluding carboxylic acids is 1. The molecular formula is C18H30N2O. The average molecular weight is 290 g/mol. The number of carbonyl (C=O) groups is 1. The minimum atomic E-state index is 0.139. The van der Waals surface area contributed by atoms with E-state index in [9.17, 15) is 4.79 Å². The van der Waals surface area contributed by atoms with E-state index in [0.717, 1.165) is 37.2 Å². The van der Waals surface area contributed by atoms with Crippen molar-refractivity contribution >= 4 is 11.6 Å². The molecular weight excluding hydrogens is 260 g/mol. The van der Waals surface area contributed by atoms with Gasteiger partial charge in [-0.05, 0) is 38.8 Å². The highest BCUT2D eigenvalue weighted by atomic mass is 16.2. The third-order valence-corrected chi connectivity index (χ3v) is 3.61. The molecule has 0 fully saturated rings. The lowest BCUT2D eigenvalue weighted by atomic mass is 10.1. The van der Waals surface area contributed by atoms with Crippen LogP contribution in [-0.2, 0) is 0 Å². The van der Waals surface area contributed by atoms with Crippen molar-refractivity contribution in [1.29, 1.82) is 0 Å². The molecule has 0 spiro atoms. The Bertz CT molecular complexity index is 429. The van der Waals surface area contributed by atoms with E-state index in [1.54, 1.807) is 0 Å². The van der Waals surface area contributed by atoms with E-state index in [4.69, 9.17) is 0 Å². The molecule has 3 nitrogen and oxygen atoms in total. The lowest BCUT2D eigenvalue weighted by Gasteiger charge is -2.28. The van der Waals surface area contributed by atoms with Gasteiger partial charge in [-0.2, -0.15) is 0 Å². The number of amides is 1. The van der Waals surface area contributed by atoms with Crippen LogP contribution in [0, 0.1) is 0 Å². The summed E-state index contributed by atoms with van der Waals surface area (Å²) in [5.74, 6) is 0.139. The van der Waals surface area contributed by atoms with Gasteiger partial charge in [0.1, 0.15) is 0 Å². The predicted octanol–water partition coefficient (Wildman–Crippen LogP) is 4.55. The minimum Gasteiger partial charge on any atom is -0.384 e. The van der Waals surface area contributed by atoms with Crippen molar-refractivity contribution in [1.82, 2.24) is 4.90 Å². The van der Waals surface area contributed by atoms with Crippen LogP contribution >= 0.6 is 0 Å². The maximum atomic E-state index is 12.9. The van der Waals surface area contributed by atoms with Crippen LogP contribution in [0.1, 0.15) is 63.7 Å².